The second-order valence-electron chi connectivity index (χ2n) is 6.67. The van der Waals surface area contributed by atoms with E-state index in [9.17, 15) is 9.59 Å². The summed E-state index contributed by atoms with van der Waals surface area (Å²) in [6.45, 7) is 2.58. The van der Waals surface area contributed by atoms with Gasteiger partial charge in [-0.1, -0.05) is 12.1 Å². The summed E-state index contributed by atoms with van der Waals surface area (Å²) in [7, 11) is 0. The summed E-state index contributed by atoms with van der Waals surface area (Å²) in [4.78, 5) is 26.7. The summed E-state index contributed by atoms with van der Waals surface area (Å²) >= 11 is 0. The molecule has 4 rings (SSSR count). The fourth-order valence-corrected chi connectivity index (χ4v) is 3.17. The fraction of sp³-hybridized carbons (Fsp3) is 0.238. The van der Waals surface area contributed by atoms with Gasteiger partial charge in [-0.05, 0) is 60.2 Å². The molecule has 3 aromatic rings. The molecule has 2 heterocycles. The molecule has 2 N–H and O–H groups in total. The minimum absolute atomic E-state index is 0.0313. The van der Waals surface area contributed by atoms with Crippen LogP contribution < -0.4 is 20.3 Å². The van der Waals surface area contributed by atoms with Gasteiger partial charge in [0.15, 0.2) is 11.5 Å². The first kappa shape index (κ1) is 17.1. The van der Waals surface area contributed by atoms with Gasteiger partial charge in [-0.15, -0.1) is 0 Å². The second kappa shape index (κ2) is 7.15. The van der Waals surface area contributed by atoms with E-state index >= 15 is 0 Å². The summed E-state index contributed by atoms with van der Waals surface area (Å²) in [5.41, 5.74) is 3.35. The third-order valence-electron chi connectivity index (χ3n) is 4.63. The number of pyridine rings is 1. The Morgan fingerprint density at radius 1 is 1.07 bits per heavy atom. The molecule has 0 atom stereocenters. The molecule has 0 fully saturated rings. The van der Waals surface area contributed by atoms with Crippen LogP contribution in [0.2, 0.25) is 0 Å². The number of aromatic nitrogens is 1. The number of rotatable bonds is 5. The van der Waals surface area contributed by atoms with Gasteiger partial charge in [-0.25, -0.2) is 0 Å². The molecule has 0 radical (unpaired) electrons. The van der Waals surface area contributed by atoms with E-state index in [0.717, 1.165) is 39.9 Å². The number of aromatic amines is 1. The van der Waals surface area contributed by atoms with Crippen LogP contribution in [0.3, 0.4) is 0 Å². The van der Waals surface area contributed by atoms with Gasteiger partial charge in [0, 0.05) is 17.6 Å². The molecule has 0 bridgehead atoms. The minimum atomic E-state index is -0.0866. The van der Waals surface area contributed by atoms with Crippen molar-refractivity contribution in [2.24, 2.45) is 0 Å². The molecular weight excluding hydrogens is 344 g/mol. The highest BCUT2D eigenvalue weighted by atomic mass is 16.7. The van der Waals surface area contributed by atoms with Gasteiger partial charge in [-0.2, -0.15) is 0 Å². The highest BCUT2D eigenvalue weighted by Gasteiger charge is 2.13. The number of fused-ring (bicyclic) bond motifs is 2. The van der Waals surface area contributed by atoms with Crippen LogP contribution in [0.15, 0.2) is 47.3 Å². The zero-order valence-electron chi connectivity index (χ0n) is 15.0. The molecule has 1 aliphatic heterocycles. The van der Waals surface area contributed by atoms with Gasteiger partial charge in [0.25, 0.3) is 5.56 Å². The Hall–Kier alpha value is -3.28. The van der Waals surface area contributed by atoms with Crippen molar-refractivity contribution in [3.63, 3.8) is 0 Å². The van der Waals surface area contributed by atoms with Gasteiger partial charge < -0.3 is 19.8 Å². The van der Waals surface area contributed by atoms with E-state index < -0.39 is 0 Å². The maximum atomic E-state index is 12.2. The van der Waals surface area contributed by atoms with Crippen molar-refractivity contribution >= 4 is 16.8 Å². The molecule has 0 saturated carbocycles. The Balaban J connectivity index is 1.34. The number of ether oxygens (including phenoxy) is 2. The zero-order valence-corrected chi connectivity index (χ0v) is 15.0. The topological polar surface area (TPSA) is 80.4 Å². The van der Waals surface area contributed by atoms with E-state index in [2.05, 4.69) is 10.3 Å². The monoisotopic (exact) mass is 364 g/mol. The summed E-state index contributed by atoms with van der Waals surface area (Å²) < 4.78 is 10.7. The summed E-state index contributed by atoms with van der Waals surface area (Å²) in [6.07, 6.45) is 1.02. The van der Waals surface area contributed by atoms with E-state index in [-0.39, 0.29) is 18.3 Å². The van der Waals surface area contributed by atoms with Crippen molar-refractivity contribution in [2.75, 3.05) is 13.3 Å². The largest absolute Gasteiger partial charge is 0.454 e. The number of hydrogen-bond acceptors (Lipinski definition) is 4. The third-order valence-corrected chi connectivity index (χ3v) is 4.63. The lowest BCUT2D eigenvalue weighted by atomic mass is 10.1. The first-order chi connectivity index (χ1) is 13.1. The van der Waals surface area contributed by atoms with Crippen molar-refractivity contribution in [3.05, 3.63) is 69.5 Å². The first-order valence-electron chi connectivity index (χ1n) is 8.86. The van der Waals surface area contributed by atoms with E-state index in [4.69, 9.17) is 9.47 Å². The molecule has 6 nitrogen and oxygen atoms in total. The van der Waals surface area contributed by atoms with Gasteiger partial charge in [0.1, 0.15) is 0 Å². The number of benzene rings is 2. The zero-order chi connectivity index (χ0) is 18.8. The number of H-pyrrole nitrogens is 1. The normalized spacial score (nSPS) is 12.3. The van der Waals surface area contributed by atoms with Crippen LogP contribution >= 0.6 is 0 Å². The molecule has 0 unspecified atom stereocenters. The predicted molar refractivity (Wildman–Crippen MR) is 102 cm³/mol. The smallest absolute Gasteiger partial charge is 0.251 e. The molecule has 1 amide bonds. The second-order valence-corrected chi connectivity index (χ2v) is 6.67. The number of amides is 1. The van der Waals surface area contributed by atoms with Gasteiger partial charge in [0.05, 0.1) is 6.42 Å². The molecule has 0 aliphatic carbocycles. The first-order valence-corrected chi connectivity index (χ1v) is 8.86. The molecule has 1 aromatic heterocycles. The van der Waals surface area contributed by atoms with Crippen molar-refractivity contribution in [2.45, 2.75) is 19.8 Å². The van der Waals surface area contributed by atoms with Crippen LogP contribution in [0.5, 0.6) is 11.5 Å². The quantitative estimate of drug-likeness (QED) is 0.729. The van der Waals surface area contributed by atoms with Crippen molar-refractivity contribution in [1.29, 1.82) is 0 Å². The molecule has 0 saturated heterocycles. The number of nitrogens with one attached hydrogen (secondary N) is 2. The van der Waals surface area contributed by atoms with Crippen LogP contribution in [-0.2, 0) is 17.6 Å². The number of carbonyl (C=O) groups is 1. The minimum Gasteiger partial charge on any atom is -0.454 e. The Kier molecular flexibility index (Phi) is 4.54. The van der Waals surface area contributed by atoms with Crippen molar-refractivity contribution in [1.82, 2.24) is 10.3 Å². The molecular formula is C21H20N2O4. The molecule has 27 heavy (non-hydrogen) atoms. The summed E-state index contributed by atoms with van der Waals surface area (Å²) in [6, 6.07) is 13.3. The Morgan fingerprint density at radius 3 is 2.78 bits per heavy atom. The molecule has 2 aromatic carbocycles. The third kappa shape index (κ3) is 3.79. The molecule has 1 aliphatic rings. The summed E-state index contributed by atoms with van der Waals surface area (Å²) in [5.74, 6) is 1.48. The average molecular weight is 364 g/mol. The molecule has 0 spiro atoms. The maximum Gasteiger partial charge on any atom is 0.251 e. The average Bonchev–Trinajstić information content (AvgIpc) is 3.11. The van der Waals surface area contributed by atoms with Gasteiger partial charge in [0.2, 0.25) is 12.7 Å². The Bertz CT molecular complexity index is 1070. The lowest BCUT2D eigenvalue weighted by Crippen LogP contribution is -2.27. The highest BCUT2D eigenvalue weighted by Crippen LogP contribution is 2.32. The van der Waals surface area contributed by atoms with Crippen LogP contribution in [0.4, 0.5) is 0 Å². The van der Waals surface area contributed by atoms with Crippen LogP contribution in [0.1, 0.15) is 16.7 Å². The lowest BCUT2D eigenvalue weighted by molar-refractivity contribution is -0.120. The Morgan fingerprint density at radius 2 is 1.89 bits per heavy atom. The van der Waals surface area contributed by atoms with Crippen LogP contribution in [-0.4, -0.2) is 24.2 Å². The van der Waals surface area contributed by atoms with E-state index in [1.54, 1.807) is 6.92 Å². The van der Waals surface area contributed by atoms with Gasteiger partial charge >= 0.3 is 0 Å². The molecule has 138 valence electrons. The Labute approximate surface area is 156 Å². The predicted octanol–water partition coefficient (Wildman–Crippen LogP) is 2.47. The van der Waals surface area contributed by atoms with Crippen molar-refractivity contribution < 1.29 is 14.3 Å². The SMILES string of the molecule is Cc1cc2cc(CC(=O)NCCc3ccc4c(c3)OCO4)ccc2[nH]c1=O. The van der Waals surface area contributed by atoms with E-state index in [1.807, 2.05) is 42.5 Å². The summed E-state index contributed by atoms with van der Waals surface area (Å²) in [5, 5.41) is 3.88. The highest BCUT2D eigenvalue weighted by molar-refractivity contribution is 5.83. The lowest BCUT2D eigenvalue weighted by Gasteiger charge is -2.07. The van der Waals surface area contributed by atoms with Crippen molar-refractivity contribution in [3.8, 4) is 11.5 Å². The number of hydrogen-bond donors (Lipinski definition) is 2. The number of aryl methyl sites for hydroxylation is 1. The van der Waals surface area contributed by atoms with Crippen LogP contribution in [0.25, 0.3) is 10.9 Å². The van der Waals surface area contributed by atoms with E-state index in [0.29, 0.717) is 18.5 Å². The molecule has 6 heteroatoms. The van der Waals surface area contributed by atoms with Gasteiger partial charge in [-0.3, -0.25) is 9.59 Å². The fourth-order valence-electron chi connectivity index (χ4n) is 3.17. The maximum absolute atomic E-state index is 12.2. The van der Waals surface area contributed by atoms with E-state index in [1.165, 1.54) is 0 Å². The standard InChI is InChI=1S/C21H20N2O4/c1-13-8-16-9-15(2-4-17(16)23-21(13)25)11-20(24)22-7-6-14-3-5-18-19(10-14)27-12-26-18/h2-5,8-10H,6-7,11-12H2,1H3,(H,22,24)(H,23,25). The van der Waals surface area contributed by atoms with Crippen LogP contribution in [0, 0.1) is 6.92 Å². The number of carbonyl (C=O) groups excluding carboxylic acids is 1.